The van der Waals surface area contributed by atoms with Gasteiger partial charge < -0.3 is 5.32 Å². The van der Waals surface area contributed by atoms with Crippen molar-refractivity contribution in [3.8, 4) is 11.3 Å². The van der Waals surface area contributed by atoms with Gasteiger partial charge in [-0.15, -0.1) is 11.3 Å². The van der Waals surface area contributed by atoms with Crippen LogP contribution >= 0.6 is 11.3 Å². The Morgan fingerprint density at radius 3 is 2.76 bits per heavy atom. The molecule has 124 valence electrons. The molecule has 1 N–H and O–H groups in total. The maximum absolute atomic E-state index is 12.1. The maximum Gasteiger partial charge on any atom is 0.263 e. The molecule has 25 heavy (non-hydrogen) atoms. The summed E-state index contributed by atoms with van der Waals surface area (Å²) in [5, 5.41) is 7.12. The van der Waals surface area contributed by atoms with Gasteiger partial charge >= 0.3 is 0 Å². The number of aromatic nitrogens is 5. The van der Waals surface area contributed by atoms with Gasteiger partial charge in [-0.25, -0.2) is 9.97 Å². The Morgan fingerprint density at radius 1 is 1.16 bits per heavy atom. The van der Waals surface area contributed by atoms with Gasteiger partial charge in [0, 0.05) is 18.3 Å². The summed E-state index contributed by atoms with van der Waals surface area (Å²) in [6.45, 7) is 2.30. The summed E-state index contributed by atoms with van der Waals surface area (Å²) >= 11 is 1.35. The zero-order valence-electron chi connectivity index (χ0n) is 13.4. The smallest absolute Gasteiger partial charge is 0.263 e. The Balaban J connectivity index is 1.50. The van der Waals surface area contributed by atoms with E-state index in [1.807, 2.05) is 37.3 Å². The van der Waals surface area contributed by atoms with Gasteiger partial charge in [0.05, 0.1) is 16.9 Å². The van der Waals surface area contributed by atoms with Crippen LogP contribution in [0.15, 0.2) is 48.4 Å². The number of aryl methyl sites for hydroxylation is 1. The third-order valence-electron chi connectivity index (χ3n) is 3.83. The number of nitrogens with zero attached hydrogens (tertiary/aromatic N) is 5. The van der Waals surface area contributed by atoms with E-state index in [9.17, 15) is 4.79 Å². The molecule has 0 unspecified atom stereocenters. The fourth-order valence-corrected chi connectivity index (χ4v) is 3.25. The minimum Gasteiger partial charge on any atom is -0.347 e. The van der Waals surface area contributed by atoms with Gasteiger partial charge in [-0.2, -0.15) is 14.6 Å². The fourth-order valence-electron chi connectivity index (χ4n) is 2.53. The normalized spacial score (nSPS) is 10.9. The van der Waals surface area contributed by atoms with Crippen LogP contribution in [0.4, 0.5) is 0 Å². The van der Waals surface area contributed by atoms with E-state index in [1.165, 1.54) is 17.7 Å². The number of benzene rings is 1. The first-order valence-corrected chi connectivity index (χ1v) is 8.52. The Kier molecular flexibility index (Phi) is 3.95. The molecule has 8 heteroatoms. The number of amides is 1. The highest BCUT2D eigenvalue weighted by Gasteiger charge is 2.11. The molecule has 1 aromatic carbocycles. The van der Waals surface area contributed by atoms with Crippen LogP contribution in [0.3, 0.4) is 0 Å². The second kappa shape index (κ2) is 6.40. The van der Waals surface area contributed by atoms with Crippen molar-refractivity contribution in [3.05, 3.63) is 64.5 Å². The van der Waals surface area contributed by atoms with Gasteiger partial charge in [-0.05, 0) is 18.6 Å². The van der Waals surface area contributed by atoms with E-state index in [0.717, 1.165) is 22.5 Å². The van der Waals surface area contributed by atoms with E-state index in [-0.39, 0.29) is 5.91 Å². The average Bonchev–Trinajstić information content (AvgIpc) is 3.28. The van der Waals surface area contributed by atoms with Crippen molar-refractivity contribution in [2.45, 2.75) is 13.5 Å². The first-order chi connectivity index (χ1) is 12.2. The molecule has 0 radical (unpaired) electrons. The molecule has 0 spiro atoms. The molecule has 0 saturated carbocycles. The van der Waals surface area contributed by atoms with E-state index in [4.69, 9.17) is 0 Å². The van der Waals surface area contributed by atoms with Crippen LogP contribution in [-0.4, -0.2) is 30.5 Å². The van der Waals surface area contributed by atoms with Crippen molar-refractivity contribution < 1.29 is 4.79 Å². The van der Waals surface area contributed by atoms with Crippen LogP contribution in [0.1, 0.15) is 20.9 Å². The Morgan fingerprint density at radius 2 is 2.00 bits per heavy atom. The third kappa shape index (κ3) is 2.99. The summed E-state index contributed by atoms with van der Waals surface area (Å²) in [4.78, 5) is 25.1. The van der Waals surface area contributed by atoms with Crippen LogP contribution in [-0.2, 0) is 6.54 Å². The standard InChI is InChI=1S/C17H14N6OS/c1-11-15(25-10-21-11)16(24)19-8-12-2-4-13(5-3-12)14-6-7-18-17-20-9-22-23(14)17/h2-7,9-10H,8H2,1H3,(H,19,24). The number of hydrogen-bond donors (Lipinski definition) is 1. The average molecular weight is 350 g/mol. The first kappa shape index (κ1) is 15.4. The monoisotopic (exact) mass is 350 g/mol. The van der Waals surface area contributed by atoms with Gasteiger partial charge in [-0.3, -0.25) is 4.79 Å². The summed E-state index contributed by atoms with van der Waals surface area (Å²) in [6, 6.07) is 9.85. The maximum atomic E-state index is 12.1. The SMILES string of the molecule is Cc1ncsc1C(=O)NCc1ccc(-c2ccnc3ncnn23)cc1. The predicted octanol–water partition coefficient (Wildman–Crippen LogP) is 2.49. The molecular formula is C17H14N6OS. The molecule has 3 heterocycles. The zero-order valence-corrected chi connectivity index (χ0v) is 14.2. The van der Waals surface area contributed by atoms with Gasteiger partial charge in [0.15, 0.2) is 0 Å². The van der Waals surface area contributed by atoms with E-state index in [1.54, 1.807) is 16.2 Å². The van der Waals surface area contributed by atoms with E-state index in [0.29, 0.717) is 17.2 Å². The van der Waals surface area contributed by atoms with Crippen molar-refractivity contribution in [2.24, 2.45) is 0 Å². The van der Waals surface area contributed by atoms with Crippen molar-refractivity contribution in [3.63, 3.8) is 0 Å². The van der Waals surface area contributed by atoms with Crippen molar-refractivity contribution in [1.82, 2.24) is 29.9 Å². The van der Waals surface area contributed by atoms with E-state index >= 15 is 0 Å². The highest BCUT2D eigenvalue weighted by molar-refractivity contribution is 7.11. The van der Waals surface area contributed by atoms with Crippen LogP contribution < -0.4 is 5.32 Å². The third-order valence-corrected chi connectivity index (χ3v) is 4.76. The molecule has 0 fully saturated rings. The van der Waals surface area contributed by atoms with Crippen molar-refractivity contribution >= 4 is 23.0 Å². The molecule has 0 aliphatic rings. The van der Waals surface area contributed by atoms with Crippen LogP contribution in [0.5, 0.6) is 0 Å². The van der Waals surface area contributed by atoms with Gasteiger partial charge in [0.1, 0.15) is 11.2 Å². The predicted molar refractivity (Wildman–Crippen MR) is 94.2 cm³/mol. The lowest BCUT2D eigenvalue weighted by Crippen LogP contribution is -2.22. The minimum absolute atomic E-state index is 0.0949. The number of carbonyl (C=O) groups is 1. The molecule has 4 aromatic rings. The summed E-state index contributed by atoms with van der Waals surface area (Å²) in [6.07, 6.45) is 3.20. The summed E-state index contributed by atoms with van der Waals surface area (Å²) in [5.74, 6) is 0.469. The second-order valence-corrected chi connectivity index (χ2v) is 6.30. The summed E-state index contributed by atoms with van der Waals surface area (Å²) in [5.41, 5.74) is 5.37. The van der Waals surface area contributed by atoms with Gasteiger partial charge in [0.25, 0.3) is 11.7 Å². The molecule has 0 saturated heterocycles. The first-order valence-electron chi connectivity index (χ1n) is 7.65. The number of fused-ring (bicyclic) bond motifs is 1. The van der Waals surface area contributed by atoms with Crippen LogP contribution in [0.25, 0.3) is 17.0 Å². The Bertz CT molecular complexity index is 1040. The molecule has 3 aromatic heterocycles. The summed E-state index contributed by atoms with van der Waals surface area (Å²) < 4.78 is 1.70. The fraction of sp³-hybridized carbons (Fsp3) is 0.118. The highest BCUT2D eigenvalue weighted by Crippen LogP contribution is 2.19. The topological polar surface area (TPSA) is 85.1 Å². The molecule has 0 aliphatic heterocycles. The lowest BCUT2D eigenvalue weighted by atomic mass is 10.1. The largest absolute Gasteiger partial charge is 0.347 e. The molecule has 1 amide bonds. The van der Waals surface area contributed by atoms with Crippen LogP contribution in [0, 0.1) is 6.92 Å². The minimum atomic E-state index is -0.0949. The number of hydrogen-bond acceptors (Lipinski definition) is 6. The Labute approximate surface area is 147 Å². The highest BCUT2D eigenvalue weighted by atomic mass is 32.1. The molecule has 0 bridgehead atoms. The van der Waals surface area contributed by atoms with Crippen molar-refractivity contribution in [1.29, 1.82) is 0 Å². The van der Waals surface area contributed by atoms with E-state index < -0.39 is 0 Å². The quantitative estimate of drug-likeness (QED) is 0.611. The molecule has 0 atom stereocenters. The van der Waals surface area contributed by atoms with Crippen LogP contribution in [0.2, 0.25) is 0 Å². The summed E-state index contributed by atoms with van der Waals surface area (Å²) in [7, 11) is 0. The van der Waals surface area contributed by atoms with Gasteiger partial charge in [0.2, 0.25) is 0 Å². The molecule has 7 nitrogen and oxygen atoms in total. The lowest BCUT2D eigenvalue weighted by Gasteiger charge is -2.07. The van der Waals surface area contributed by atoms with E-state index in [2.05, 4.69) is 25.4 Å². The number of nitrogens with one attached hydrogen (secondary N) is 1. The zero-order chi connectivity index (χ0) is 17.2. The Hall–Kier alpha value is -3.13. The molecule has 0 aliphatic carbocycles. The number of thiazole rings is 1. The number of rotatable bonds is 4. The van der Waals surface area contributed by atoms with Crippen molar-refractivity contribution in [2.75, 3.05) is 0 Å². The molecule has 4 rings (SSSR count). The molecular weight excluding hydrogens is 336 g/mol. The second-order valence-electron chi connectivity index (χ2n) is 5.45. The lowest BCUT2D eigenvalue weighted by molar-refractivity contribution is 0.0954. The van der Waals surface area contributed by atoms with Gasteiger partial charge in [-0.1, -0.05) is 24.3 Å². The number of carbonyl (C=O) groups excluding carboxylic acids is 1.